The van der Waals surface area contributed by atoms with Crippen molar-refractivity contribution >= 4 is 33.5 Å². The number of aliphatic carboxylic acids is 2. The molecular weight excluding hydrogens is 251 g/mol. The summed E-state index contributed by atoms with van der Waals surface area (Å²) in [6, 6.07) is -1.99. The van der Waals surface area contributed by atoms with Crippen molar-refractivity contribution < 1.29 is 49.4 Å². The van der Waals surface area contributed by atoms with Crippen molar-refractivity contribution in [2.45, 2.75) is 12.1 Å². The van der Waals surface area contributed by atoms with Gasteiger partial charge in [0.05, 0.1) is 0 Å². The summed E-state index contributed by atoms with van der Waals surface area (Å²) in [6.45, 7) is 0. The monoisotopic (exact) mass is 262 g/mol. The number of nitrogens with two attached hydrogens (primary N) is 2. The fourth-order valence-electron chi connectivity index (χ4n) is 0.341. The predicted octanol–water partition coefficient (Wildman–Crippen LogP) is -3.64. The van der Waals surface area contributed by atoms with Crippen molar-refractivity contribution in [1.29, 1.82) is 0 Å². The van der Waals surface area contributed by atoms with E-state index in [2.05, 4.69) is 0 Å². The molecule has 0 rings (SSSR count). The molecule has 0 radical (unpaired) electrons. The van der Waals surface area contributed by atoms with Crippen LogP contribution in [0.1, 0.15) is 0 Å². The van der Waals surface area contributed by atoms with Gasteiger partial charge < -0.3 is 21.7 Å². The average Bonchev–Trinajstić information content (AvgIpc) is 2.11. The van der Waals surface area contributed by atoms with E-state index in [4.69, 9.17) is 21.7 Å². The summed E-state index contributed by atoms with van der Waals surface area (Å²) < 4.78 is 0. The largest absolute Gasteiger partial charge is 1.00 e. The van der Waals surface area contributed by atoms with Crippen LogP contribution in [0, 0.1) is 5.75 Å². The fourth-order valence-corrected chi connectivity index (χ4v) is 2.29. The van der Waals surface area contributed by atoms with E-state index >= 15 is 0 Å². The van der Waals surface area contributed by atoms with Crippen molar-refractivity contribution in [2.75, 3.05) is 5.75 Å². The molecule has 0 aromatic rings. The van der Waals surface area contributed by atoms with Crippen LogP contribution < -0.4 is 41.0 Å². The average molecular weight is 262 g/mol. The molecule has 15 heavy (non-hydrogen) atoms. The Morgan fingerprint density at radius 2 is 1.80 bits per heavy atom. The zero-order valence-corrected chi connectivity index (χ0v) is 11.8. The first-order chi connectivity index (χ1) is 6.45. The van der Waals surface area contributed by atoms with Gasteiger partial charge in [0, 0.05) is 5.75 Å². The Morgan fingerprint density at radius 3 is 2.20 bits per heavy atom. The van der Waals surface area contributed by atoms with Crippen LogP contribution in [-0.2, 0) is 9.59 Å². The smallest absolute Gasteiger partial charge is 0.482 e. The Hall–Kier alpha value is 0.560. The van der Waals surface area contributed by atoms with Gasteiger partial charge in [-0.3, -0.25) is 20.4 Å². The molecule has 0 aliphatic rings. The minimum atomic E-state index is -1.12. The normalized spacial score (nSPS) is 13.7. The van der Waals surface area contributed by atoms with Gasteiger partial charge in [0.1, 0.15) is 6.04 Å². The second-order valence-corrected chi connectivity index (χ2v) is 4.64. The molecule has 6 N–H and O–H groups in total. The third-order valence-electron chi connectivity index (χ3n) is 1.12. The number of rotatable bonds is 7. The van der Waals surface area contributed by atoms with E-state index in [0.29, 0.717) is 0 Å². The van der Waals surface area contributed by atoms with Crippen LogP contribution in [0.4, 0.5) is 0 Å². The van der Waals surface area contributed by atoms with Gasteiger partial charge in [-0.05, 0) is 6.04 Å². The second kappa shape index (κ2) is 9.76. The first-order valence-corrected chi connectivity index (χ1v) is 5.91. The SMILES string of the molecule is N[C@@H]([CH-]SSC[C@H](N)C(=O)O)C(=O)O.[Na+]. The molecule has 82 valence electrons. The molecule has 6 nitrogen and oxygen atoms in total. The number of hydrogen-bond acceptors (Lipinski definition) is 6. The van der Waals surface area contributed by atoms with Gasteiger partial charge in [0.25, 0.3) is 5.97 Å². The topological polar surface area (TPSA) is 127 Å². The standard InChI is InChI=1S/C6H11N2O4S2.Na/c7-3(5(9)10)1-13-14-2-4(8)6(11)12;/h1,3-4H,2,7-8H2,(H,9,10)(H,11,12);/q-1;+1/t3-,4-;/m0./s1. The van der Waals surface area contributed by atoms with Crippen molar-refractivity contribution in [3.8, 4) is 0 Å². The molecule has 0 aromatic heterocycles. The van der Waals surface area contributed by atoms with Gasteiger partial charge in [-0.15, -0.1) is 10.8 Å². The molecule has 0 aliphatic heterocycles. The van der Waals surface area contributed by atoms with Crippen LogP contribution in [0.15, 0.2) is 0 Å². The Bertz CT molecular complexity index is 197. The van der Waals surface area contributed by atoms with E-state index in [1.807, 2.05) is 0 Å². The summed E-state index contributed by atoms with van der Waals surface area (Å²) in [5.74, 6) is -0.703. The maximum absolute atomic E-state index is 10.3. The molecule has 0 bridgehead atoms. The molecule has 2 atom stereocenters. The van der Waals surface area contributed by atoms with Crippen molar-refractivity contribution in [1.82, 2.24) is 0 Å². The van der Waals surface area contributed by atoms with Crippen LogP contribution in [0.3, 0.4) is 0 Å². The molecule has 0 aliphatic carbocycles. The molecule has 0 fully saturated rings. The van der Waals surface area contributed by atoms with Crippen molar-refractivity contribution in [3.63, 3.8) is 0 Å². The van der Waals surface area contributed by atoms with E-state index in [0.717, 1.165) is 21.6 Å². The Labute approximate surface area is 117 Å². The minimum Gasteiger partial charge on any atom is -0.482 e. The Kier molecular flexibility index (Phi) is 11.7. The van der Waals surface area contributed by atoms with Crippen molar-refractivity contribution in [3.05, 3.63) is 5.75 Å². The van der Waals surface area contributed by atoms with Crippen LogP contribution >= 0.6 is 21.6 Å². The van der Waals surface area contributed by atoms with Crippen LogP contribution in [0.25, 0.3) is 0 Å². The van der Waals surface area contributed by atoms with E-state index in [1.165, 1.54) is 5.75 Å². The zero-order valence-electron chi connectivity index (χ0n) is 8.12. The Morgan fingerprint density at radius 1 is 1.27 bits per heavy atom. The molecule has 0 saturated carbocycles. The van der Waals surface area contributed by atoms with Gasteiger partial charge in [-0.1, -0.05) is 0 Å². The quantitative estimate of drug-likeness (QED) is 0.160. The molecule has 0 aromatic carbocycles. The van der Waals surface area contributed by atoms with Crippen LogP contribution in [0.2, 0.25) is 0 Å². The number of hydrogen-bond donors (Lipinski definition) is 4. The first kappa shape index (κ1) is 17.9. The van der Waals surface area contributed by atoms with Gasteiger partial charge in [-0.2, -0.15) is 0 Å². The molecular formula is C6H11N2NaO4S2. The van der Waals surface area contributed by atoms with E-state index < -0.39 is 24.0 Å². The zero-order chi connectivity index (χ0) is 11.1. The summed E-state index contributed by atoms with van der Waals surface area (Å²) in [6.07, 6.45) is 0. The van der Waals surface area contributed by atoms with Gasteiger partial charge in [-0.25, -0.2) is 5.75 Å². The maximum Gasteiger partial charge on any atom is 1.00 e. The van der Waals surface area contributed by atoms with Gasteiger partial charge >= 0.3 is 35.5 Å². The number of carbonyl (C=O) groups is 2. The summed E-state index contributed by atoms with van der Waals surface area (Å²) in [7, 11) is 2.23. The number of carboxylic acid groups (broad SMARTS) is 2. The third kappa shape index (κ3) is 9.49. The summed E-state index contributed by atoms with van der Waals surface area (Å²) in [4.78, 5) is 20.5. The van der Waals surface area contributed by atoms with Crippen molar-refractivity contribution in [2.24, 2.45) is 11.5 Å². The molecule has 0 saturated heterocycles. The van der Waals surface area contributed by atoms with E-state index in [-0.39, 0.29) is 35.3 Å². The molecule has 9 heteroatoms. The minimum absolute atomic E-state index is 0. The van der Waals surface area contributed by atoms with Crippen LogP contribution in [0.5, 0.6) is 0 Å². The molecule has 0 unspecified atom stereocenters. The molecule has 0 spiro atoms. The van der Waals surface area contributed by atoms with E-state index in [9.17, 15) is 9.59 Å². The summed E-state index contributed by atoms with van der Waals surface area (Å²) in [5, 5.41) is 16.8. The third-order valence-corrected chi connectivity index (χ3v) is 3.31. The summed E-state index contributed by atoms with van der Waals surface area (Å²) in [5.41, 5.74) is 10.4. The molecule has 0 amide bonds. The van der Waals surface area contributed by atoms with Gasteiger partial charge in [0.2, 0.25) is 0 Å². The fraction of sp³-hybridized carbons (Fsp3) is 0.500. The predicted molar refractivity (Wildman–Crippen MR) is 55.6 cm³/mol. The maximum atomic E-state index is 10.3. The van der Waals surface area contributed by atoms with Crippen LogP contribution in [-0.4, -0.2) is 40.0 Å². The summed E-state index contributed by atoms with van der Waals surface area (Å²) >= 11 is 0. The second-order valence-electron chi connectivity index (χ2n) is 2.33. The molecule has 0 heterocycles. The first-order valence-electron chi connectivity index (χ1n) is 3.53. The van der Waals surface area contributed by atoms with Gasteiger partial charge in [0.15, 0.2) is 0 Å². The Balaban J connectivity index is 0. The van der Waals surface area contributed by atoms with E-state index in [1.54, 1.807) is 0 Å². The number of carboxylic acids is 2.